The molecule has 4 aromatic rings. The molecule has 0 fully saturated rings. The fourth-order valence-corrected chi connectivity index (χ4v) is 4.30. The maximum Gasteiger partial charge on any atom is 0.289 e. The van der Waals surface area contributed by atoms with Gasteiger partial charge in [0.05, 0.1) is 0 Å². The van der Waals surface area contributed by atoms with Gasteiger partial charge in [-0.05, 0) is 29.8 Å². The lowest BCUT2D eigenvalue weighted by Crippen LogP contribution is -2.26. The van der Waals surface area contributed by atoms with E-state index in [-0.39, 0.29) is 12.7 Å². The molecule has 0 unspecified atom stereocenters. The summed E-state index contributed by atoms with van der Waals surface area (Å²) in [5.74, 6) is 2.10. The van der Waals surface area contributed by atoms with Crippen molar-refractivity contribution in [3.8, 4) is 11.5 Å². The first-order chi connectivity index (χ1) is 15.2. The Labute approximate surface area is 183 Å². The molecule has 0 radical (unpaired) electrons. The van der Waals surface area contributed by atoms with Crippen molar-refractivity contribution in [2.75, 3.05) is 13.8 Å². The molecule has 0 atom stereocenters. The Hall–Kier alpha value is -3.52. The number of aromatic nitrogens is 2. The van der Waals surface area contributed by atoms with Crippen LogP contribution in [0.1, 0.15) is 21.7 Å². The summed E-state index contributed by atoms with van der Waals surface area (Å²) in [5, 5.41) is 1.57. The Morgan fingerprint density at radius 3 is 2.74 bits per heavy atom. The second-order valence-corrected chi connectivity index (χ2v) is 8.02. The number of nitrogens with zero attached hydrogens (tertiary/aromatic N) is 3. The minimum atomic E-state index is -0.182. The summed E-state index contributed by atoms with van der Waals surface area (Å²) >= 11 is 1.47. The molecule has 2 aromatic carbocycles. The summed E-state index contributed by atoms with van der Waals surface area (Å²) in [5.41, 5.74) is 2.48. The van der Waals surface area contributed by atoms with Gasteiger partial charge in [-0.2, -0.15) is 0 Å². The van der Waals surface area contributed by atoms with Crippen LogP contribution in [0.4, 0.5) is 0 Å². The highest BCUT2D eigenvalue weighted by atomic mass is 32.2. The molecule has 3 heterocycles. The number of rotatable bonds is 6. The van der Waals surface area contributed by atoms with Crippen LogP contribution in [-0.4, -0.2) is 34.6 Å². The molecular weight excluding hydrogens is 414 g/mol. The molecule has 0 saturated heterocycles. The van der Waals surface area contributed by atoms with Gasteiger partial charge >= 0.3 is 0 Å². The average molecular weight is 433 g/mol. The molecule has 0 aliphatic carbocycles. The SMILES string of the molecule is CN(Cc1ccc2c(c1)OCO2)C(=O)c1oc2ccccc2c1CSc1ncccn1. The lowest BCUT2D eigenvalue weighted by Gasteiger charge is -2.17. The molecule has 31 heavy (non-hydrogen) atoms. The van der Waals surface area contributed by atoms with Crippen molar-refractivity contribution in [3.63, 3.8) is 0 Å². The number of carbonyl (C=O) groups excluding carboxylic acids is 1. The minimum absolute atomic E-state index is 0.182. The van der Waals surface area contributed by atoms with Gasteiger partial charge in [0.1, 0.15) is 5.58 Å². The third-order valence-corrected chi connectivity index (χ3v) is 5.89. The van der Waals surface area contributed by atoms with Gasteiger partial charge in [-0.1, -0.05) is 36.0 Å². The summed E-state index contributed by atoms with van der Waals surface area (Å²) in [6, 6.07) is 15.1. The largest absolute Gasteiger partial charge is 0.454 e. The van der Waals surface area contributed by atoms with Gasteiger partial charge in [-0.15, -0.1) is 0 Å². The van der Waals surface area contributed by atoms with Crippen molar-refractivity contribution in [2.45, 2.75) is 17.5 Å². The Kier molecular flexibility index (Phi) is 5.21. The number of hydrogen-bond donors (Lipinski definition) is 0. The molecule has 0 saturated carbocycles. The zero-order valence-corrected chi connectivity index (χ0v) is 17.6. The van der Waals surface area contributed by atoms with E-state index in [1.165, 1.54) is 11.8 Å². The first-order valence-electron chi connectivity index (χ1n) is 9.73. The zero-order chi connectivity index (χ0) is 21.2. The highest BCUT2D eigenvalue weighted by molar-refractivity contribution is 7.98. The van der Waals surface area contributed by atoms with E-state index in [0.29, 0.717) is 34.5 Å². The quantitative estimate of drug-likeness (QED) is 0.327. The first-order valence-corrected chi connectivity index (χ1v) is 10.7. The van der Waals surface area contributed by atoms with Gasteiger partial charge in [-0.25, -0.2) is 9.97 Å². The van der Waals surface area contributed by atoms with Crippen molar-refractivity contribution in [2.24, 2.45) is 0 Å². The van der Waals surface area contributed by atoms with Gasteiger partial charge in [-0.3, -0.25) is 4.79 Å². The summed E-state index contributed by atoms with van der Waals surface area (Å²) in [7, 11) is 1.76. The van der Waals surface area contributed by atoms with E-state index >= 15 is 0 Å². The molecule has 0 spiro atoms. The van der Waals surface area contributed by atoms with Crippen LogP contribution in [-0.2, 0) is 12.3 Å². The van der Waals surface area contributed by atoms with Crippen LogP contribution in [0.5, 0.6) is 11.5 Å². The Balaban J connectivity index is 1.41. The second-order valence-electron chi connectivity index (χ2n) is 7.07. The fraction of sp³-hybridized carbons (Fsp3) is 0.174. The number of thioether (sulfide) groups is 1. The summed E-state index contributed by atoms with van der Waals surface area (Å²) in [6.07, 6.45) is 3.40. The molecule has 156 valence electrons. The number of amides is 1. The van der Waals surface area contributed by atoms with Crippen LogP contribution in [0.25, 0.3) is 11.0 Å². The summed E-state index contributed by atoms with van der Waals surface area (Å²) in [4.78, 5) is 23.5. The Morgan fingerprint density at radius 1 is 1.06 bits per heavy atom. The molecule has 7 nitrogen and oxygen atoms in total. The molecule has 1 aliphatic rings. The van der Waals surface area contributed by atoms with Crippen molar-refractivity contribution in [1.82, 2.24) is 14.9 Å². The first kappa shape index (κ1) is 19.4. The predicted octanol–water partition coefficient (Wildman–Crippen LogP) is 4.52. The number of benzene rings is 2. The molecule has 0 N–H and O–H groups in total. The highest BCUT2D eigenvalue weighted by Gasteiger charge is 2.24. The molecule has 1 aliphatic heterocycles. The van der Waals surface area contributed by atoms with Crippen molar-refractivity contribution < 1.29 is 18.7 Å². The lowest BCUT2D eigenvalue weighted by molar-refractivity contribution is 0.0754. The minimum Gasteiger partial charge on any atom is -0.454 e. The van der Waals surface area contributed by atoms with Crippen LogP contribution in [0.2, 0.25) is 0 Å². The van der Waals surface area contributed by atoms with Crippen molar-refractivity contribution in [3.05, 3.63) is 77.8 Å². The standard InChI is InChI=1S/C23H19N3O4S/c1-26(12-15-7-8-19-20(11-15)29-14-28-19)22(27)21-17(13-31-23-24-9-4-10-25-23)16-5-2-3-6-18(16)30-21/h2-11H,12-14H2,1H3. The third-order valence-electron chi connectivity index (χ3n) is 4.98. The number of ether oxygens (including phenoxy) is 2. The number of fused-ring (bicyclic) bond motifs is 2. The van der Waals surface area contributed by atoms with E-state index in [9.17, 15) is 4.79 Å². The maximum absolute atomic E-state index is 13.3. The topological polar surface area (TPSA) is 77.7 Å². The summed E-state index contributed by atoms with van der Waals surface area (Å²) in [6.45, 7) is 0.638. The van der Waals surface area contributed by atoms with Crippen LogP contribution in [0, 0.1) is 0 Å². The van der Waals surface area contributed by atoms with Crippen LogP contribution < -0.4 is 9.47 Å². The lowest BCUT2D eigenvalue weighted by atomic mass is 10.1. The maximum atomic E-state index is 13.3. The van der Waals surface area contributed by atoms with Gasteiger partial charge < -0.3 is 18.8 Å². The van der Waals surface area contributed by atoms with Gasteiger partial charge in [0.25, 0.3) is 5.91 Å². The predicted molar refractivity (Wildman–Crippen MR) is 116 cm³/mol. The van der Waals surface area contributed by atoms with E-state index in [1.54, 1.807) is 30.4 Å². The second kappa shape index (κ2) is 8.31. The van der Waals surface area contributed by atoms with Crippen molar-refractivity contribution in [1.29, 1.82) is 0 Å². The van der Waals surface area contributed by atoms with Crippen LogP contribution >= 0.6 is 11.8 Å². The molecule has 5 rings (SSSR count). The number of para-hydroxylation sites is 1. The Morgan fingerprint density at radius 2 is 1.87 bits per heavy atom. The zero-order valence-electron chi connectivity index (χ0n) is 16.8. The smallest absolute Gasteiger partial charge is 0.289 e. The van der Waals surface area contributed by atoms with Gasteiger partial charge in [0, 0.05) is 42.7 Å². The van der Waals surface area contributed by atoms with E-state index in [0.717, 1.165) is 22.3 Å². The van der Waals surface area contributed by atoms with E-state index in [1.807, 2.05) is 42.5 Å². The monoisotopic (exact) mass is 433 g/mol. The fourth-order valence-electron chi connectivity index (χ4n) is 3.47. The van der Waals surface area contributed by atoms with E-state index in [2.05, 4.69) is 9.97 Å². The molecule has 1 amide bonds. The number of carbonyl (C=O) groups is 1. The molecule has 0 bridgehead atoms. The average Bonchev–Trinajstić information content (AvgIpc) is 3.42. The molecule has 2 aromatic heterocycles. The van der Waals surface area contributed by atoms with Gasteiger partial charge in [0.2, 0.25) is 6.79 Å². The van der Waals surface area contributed by atoms with Crippen LogP contribution in [0.15, 0.2) is 70.5 Å². The molecule has 8 heteroatoms. The van der Waals surface area contributed by atoms with E-state index < -0.39 is 0 Å². The van der Waals surface area contributed by atoms with Crippen molar-refractivity contribution >= 4 is 28.6 Å². The summed E-state index contributed by atoms with van der Waals surface area (Å²) < 4.78 is 16.8. The number of hydrogen-bond acceptors (Lipinski definition) is 7. The molecular formula is C23H19N3O4S. The van der Waals surface area contributed by atoms with E-state index in [4.69, 9.17) is 13.9 Å². The van der Waals surface area contributed by atoms with Crippen LogP contribution in [0.3, 0.4) is 0 Å². The Bertz CT molecular complexity index is 1240. The van der Waals surface area contributed by atoms with Gasteiger partial charge in [0.15, 0.2) is 22.4 Å². The highest BCUT2D eigenvalue weighted by Crippen LogP contribution is 2.34. The third kappa shape index (κ3) is 3.94. The number of furan rings is 1. The normalized spacial score (nSPS) is 12.3.